The van der Waals surface area contributed by atoms with Crippen LogP contribution in [0.2, 0.25) is 5.28 Å². The van der Waals surface area contributed by atoms with Crippen LogP contribution >= 0.6 is 11.6 Å². The van der Waals surface area contributed by atoms with Crippen LogP contribution in [0.3, 0.4) is 0 Å². The lowest BCUT2D eigenvalue weighted by molar-refractivity contribution is 0.730. The summed E-state index contributed by atoms with van der Waals surface area (Å²) in [5.41, 5.74) is 1.26. The summed E-state index contributed by atoms with van der Waals surface area (Å²) >= 11 is 6.21. The Kier molecular flexibility index (Phi) is 2.74. The molecule has 4 rings (SSSR count). The molecule has 0 spiro atoms. The summed E-state index contributed by atoms with van der Waals surface area (Å²) in [6.07, 6.45) is 2.40. The van der Waals surface area contributed by atoms with Gasteiger partial charge in [-0.3, -0.25) is 4.57 Å². The summed E-state index contributed by atoms with van der Waals surface area (Å²) in [4.78, 5) is 0. The average Bonchev–Trinajstić information content (AvgIpc) is 3.26. The number of nitrogens with zero attached hydrogens (tertiary/aromatic N) is 3. The van der Waals surface area contributed by atoms with Crippen LogP contribution in [0.15, 0.2) is 42.5 Å². The highest BCUT2D eigenvalue weighted by Crippen LogP contribution is 2.40. The van der Waals surface area contributed by atoms with Crippen LogP contribution in [0, 0.1) is 0 Å². The van der Waals surface area contributed by atoms with E-state index in [2.05, 4.69) is 52.7 Å². The lowest BCUT2D eigenvalue weighted by atomic mass is 10.0. The second-order valence-electron chi connectivity index (χ2n) is 5.33. The van der Waals surface area contributed by atoms with Crippen LogP contribution in [0.25, 0.3) is 10.8 Å². The maximum atomic E-state index is 6.21. The molecule has 4 heteroatoms. The normalized spacial score (nSPS) is 14.8. The van der Waals surface area contributed by atoms with Gasteiger partial charge in [-0.05, 0) is 40.8 Å². The van der Waals surface area contributed by atoms with E-state index in [1.807, 2.05) is 4.57 Å². The summed E-state index contributed by atoms with van der Waals surface area (Å²) in [7, 11) is 0. The van der Waals surface area contributed by atoms with Gasteiger partial charge in [0.15, 0.2) is 0 Å². The Labute approximate surface area is 122 Å². The van der Waals surface area contributed by atoms with Gasteiger partial charge in [-0.2, -0.15) is 0 Å². The molecule has 1 heterocycles. The van der Waals surface area contributed by atoms with Gasteiger partial charge in [0, 0.05) is 5.92 Å². The zero-order valence-electron chi connectivity index (χ0n) is 11.0. The van der Waals surface area contributed by atoms with Crippen LogP contribution in [0.4, 0.5) is 0 Å². The van der Waals surface area contributed by atoms with Crippen LogP contribution in [0.1, 0.15) is 30.1 Å². The number of aromatic nitrogens is 3. The van der Waals surface area contributed by atoms with Gasteiger partial charge < -0.3 is 0 Å². The van der Waals surface area contributed by atoms with E-state index in [1.165, 1.54) is 29.2 Å². The first-order valence-electron chi connectivity index (χ1n) is 6.88. The highest BCUT2D eigenvalue weighted by atomic mass is 35.5. The molecular weight excluding hydrogens is 270 g/mol. The Bertz CT molecular complexity index is 769. The molecule has 0 aliphatic heterocycles. The average molecular weight is 284 g/mol. The Hall–Kier alpha value is -1.87. The molecule has 0 N–H and O–H groups in total. The molecule has 0 amide bonds. The molecule has 20 heavy (non-hydrogen) atoms. The van der Waals surface area contributed by atoms with Gasteiger partial charge in [0.05, 0.1) is 6.54 Å². The molecular formula is C16H14ClN3. The molecule has 100 valence electrons. The standard InChI is InChI=1S/C16H14ClN3/c17-16-19-18-15(12-8-9-12)20(16)10-13-6-3-5-11-4-1-2-7-14(11)13/h1-7,12H,8-10H2. The molecule has 3 nitrogen and oxygen atoms in total. The monoisotopic (exact) mass is 283 g/mol. The number of fused-ring (bicyclic) bond motifs is 1. The topological polar surface area (TPSA) is 30.7 Å². The van der Waals surface area contributed by atoms with Crippen LogP contribution < -0.4 is 0 Å². The molecule has 0 atom stereocenters. The Morgan fingerprint density at radius 1 is 1.05 bits per heavy atom. The third-order valence-electron chi connectivity index (χ3n) is 3.89. The molecule has 0 bridgehead atoms. The van der Waals surface area contributed by atoms with E-state index in [1.54, 1.807) is 0 Å². The van der Waals surface area contributed by atoms with Gasteiger partial charge in [0.25, 0.3) is 0 Å². The van der Waals surface area contributed by atoms with Gasteiger partial charge in [-0.1, -0.05) is 42.5 Å². The number of hydrogen-bond donors (Lipinski definition) is 0. The van der Waals surface area contributed by atoms with Gasteiger partial charge in [0.2, 0.25) is 5.28 Å². The van der Waals surface area contributed by atoms with E-state index < -0.39 is 0 Å². The van der Waals surface area contributed by atoms with Crippen molar-refractivity contribution >= 4 is 22.4 Å². The first kappa shape index (κ1) is 11.9. The lowest BCUT2D eigenvalue weighted by Gasteiger charge is -2.10. The summed E-state index contributed by atoms with van der Waals surface area (Å²) in [5, 5.41) is 11.3. The Morgan fingerprint density at radius 3 is 2.70 bits per heavy atom. The minimum Gasteiger partial charge on any atom is -0.297 e. The fraction of sp³-hybridized carbons (Fsp3) is 0.250. The Morgan fingerprint density at radius 2 is 1.85 bits per heavy atom. The fourth-order valence-electron chi connectivity index (χ4n) is 2.69. The summed E-state index contributed by atoms with van der Waals surface area (Å²) < 4.78 is 2.04. The van der Waals surface area contributed by atoms with Crippen LogP contribution in [-0.2, 0) is 6.54 Å². The fourth-order valence-corrected chi connectivity index (χ4v) is 2.87. The second kappa shape index (κ2) is 4.60. The van der Waals surface area contributed by atoms with E-state index in [9.17, 15) is 0 Å². The van der Waals surface area contributed by atoms with Gasteiger partial charge in [0.1, 0.15) is 5.82 Å². The highest BCUT2D eigenvalue weighted by Gasteiger charge is 2.30. The molecule has 1 aromatic heterocycles. The zero-order valence-corrected chi connectivity index (χ0v) is 11.7. The van der Waals surface area contributed by atoms with E-state index in [4.69, 9.17) is 11.6 Å². The molecule has 1 aliphatic carbocycles. The van der Waals surface area contributed by atoms with Gasteiger partial charge in [-0.25, -0.2) is 0 Å². The van der Waals surface area contributed by atoms with Crippen molar-refractivity contribution in [2.45, 2.75) is 25.3 Å². The maximum absolute atomic E-state index is 6.21. The minimum absolute atomic E-state index is 0.486. The van der Waals surface area contributed by atoms with Crippen molar-refractivity contribution in [2.75, 3.05) is 0 Å². The van der Waals surface area contributed by atoms with Crippen molar-refractivity contribution in [3.8, 4) is 0 Å². The first-order valence-corrected chi connectivity index (χ1v) is 7.26. The van der Waals surface area contributed by atoms with Crippen LogP contribution in [0.5, 0.6) is 0 Å². The number of benzene rings is 2. The van der Waals surface area contributed by atoms with Crippen molar-refractivity contribution < 1.29 is 0 Å². The molecule has 1 fully saturated rings. The maximum Gasteiger partial charge on any atom is 0.225 e. The SMILES string of the molecule is Clc1nnc(C2CC2)n1Cc1cccc2ccccc12. The quantitative estimate of drug-likeness (QED) is 0.727. The molecule has 0 radical (unpaired) electrons. The molecule has 1 aliphatic rings. The predicted octanol–water partition coefficient (Wildman–Crippen LogP) is 4.01. The first-order chi connectivity index (χ1) is 9.83. The minimum atomic E-state index is 0.486. The largest absolute Gasteiger partial charge is 0.297 e. The molecule has 1 saturated carbocycles. The van der Waals surface area contributed by atoms with Crippen molar-refractivity contribution in [2.24, 2.45) is 0 Å². The molecule has 2 aromatic carbocycles. The lowest BCUT2D eigenvalue weighted by Crippen LogP contribution is -2.05. The third-order valence-corrected chi connectivity index (χ3v) is 4.16. The third kappa shape index (κ3) is 1.98. The van der Waals surface area contributed by atoms with E-state index in [-0.39, 0.29) is 0 Å². The number of hydrogen-bond acceptors (Lipinski definition) is 2. The summed E-state index contributed by atoms with van der Waals surface area (Å²) in [6.45, 7) is 0.735. The molecule has 3 aromatic rings. The molecule has 0 unspecified atom stereocenters. The van der Waals surface area contributed by atoms with Crippen LogP contribution in [-0.4, -0.2) is 14.8 Å². The van der Waals surface area contributed by atoms with Gasteiger partial charge >= 0.3 is 0 Å². The van der Waals surface area contributed by atoms with Crippen molar-refractivity contribution in [3.05, 3.63) is 59.1 Å². The smallest absolute Gasteiger partial charge is 0.225 e. The number of rotatable bonds is 3. The van der Waals surface area contributed by atoms with Crippen molar-refractivity contribution in [3.63, 3.8) is 0 Å². The molecule has 0 saturated heterocycles. The summed E-state index contributed by atoms with van der Waals surface area (Å²) in [5.74, 6) is 1.58. The Balaban J connectivity index is 1.80. The second-order valence-corrected chi connectivity index (χ2v) is 5.66. The summed E-state index contributed by atoms with van der Waals surface area (Å²) in [6, 6.07) is 14.8. The zero-order chi connectivity index (χ0) is 13.5. The van der Waals surface area contributed by atoms with Crippen molar-refractivity contribution in [1.29, 1.82) is 0 Å². The highest BCUT2D eigenvalue weighted by molar-refractivity contribution is 6.28. The predicted molar refractivity (Wildman–Crippen MR) is 80.1 cm³/mol. The van der Waals surface area contributed by atoms with E-state index in [0.717, 1.165) is 12.4 Å². The van der Waals surface area contributed by atoms with Gasteiger partial charge in [-0.15, -0.1) is 10.2 Å². The number of halogens is 1. The van der Waals surface area contributed by atoms with E-state index >= 15 is 0 Å². The van der Waals surface area contributed by atoms with Crippen molar-refractivity contribution in [1.82, 2.24) is 14.8 Å². The van der Waals surface area contributed by atoms with E-state index in [0.29, 0.717) is 11.2 Å².